The molecule has 8 heteroatoms. The van der Waals surface area contributed by atoms with E-state index in [1.807, 2.05) is 26.8 Å². The largest absolute Gasteiger partial charge is 0.472 e. The SMILES string of the molecule is COC(=O)C[C@H]1C(C)(C)[C@H](OC(C)=O)[C@@H]2CC3=C4CC(=O)O[C@@H](c5ccoc5)[C@]4(C)CC[C@H]3[C@@]1(C)C2=O. The van der Waals surface area contributed by atoms with Crippen molar-refractivity contribution in [3.63, 3.8) is 0 Å². The monoisotopic (exact) mass is 512 g/mol. The van der Waals surface area contributed by atoms with Gasteiger partial charge in [-0.05, 0) is 42.7 Å². The fourth-order valence-electron chi connectivity index (χ4n) is 8.37. The van der Waals surface area contributed by atoms with Gasteiger partial charge < -0.3 is 18.6 Å². The Morgan fingerprint density at radius 3 is 2.51 bits per heavy atom. The minimum atomic E-state index is -0.868. The van der Waals surface area contributed by atoms with Crippen LogP contribution < -0.4 is 0 Å². The van der Waals surface area contributed by atoms with Gasteiger partial charge in [-0.2, -0.15) is 0 Å². The van der Waals surface area contributed by atoms with Gasteiger partial charge in [0.25, 0.3) is 0 Å². The summed E-state index contributed by atoms with van der Waals surface area (Å²) in [6, 6.07) is 1.83. The third-order valence-corrected chi connectivity index (χ3v) is 10.1. The van der Waals surface area contributed by atoms with Crippen molar-refractivity contribution < 1.29 is 37.8 Å². The molecule has 0 aromatic carbocycles. The molecule has 1 aliphatic heterocycles. The van der Waals surface area contributed by atoms with Gasteiger partial charge in [0.1, 0.15) is 18.0 Å². The van der Waals surface area contributed by atoms with Crippen LogP contribution in [0.5, 0.6) is 0 Å². The molecular weight excluding hydrogens is 476 g/mol. The Balaban J connectivity index is 1.69. The van der Waals surface area contributed by atoms with Gasteiger partial charge in [-0.15, -0.1) is 0 Å². The molecule has 3 aliphatic carbocycles. The van der Waals surface area contributed by atoms with Crippen LogP contribution in [0.4, 0.5) is 0 Å². The van der Waals surface area contributed by atoms with E-state index in [4.69, 9.17) is 18.6 Å². The van der Waals surface area contributed by atoms with Gasteiger partial charge in [-0.1, -0.05) is 33.3 Å². The maximum absolute atomic E-state index is 14.2. The molecule has 0 amide bonds. The van der Waals surface area contributed by atoms with E-state index in [1.165, 1.54) is 14.0 Å². The number of ether oxygens (including phenoxy) is 3. The predicted octanol–water partition coefficient (Wildman–Crippen LogP) is 4.73. The number of hydrogen-bond donors (Lipinski definition) is 0. The third-order valence-electron chi connectivity index (χ3n) is 10.1. The Kier molecular flexibility index (Phi) is 5.96. The van der Waals surface area contributed by atoms with Crippen LogP contribution in [0.2, 0.25) is 0 Å². The molecule has 0 N–H and O–H groups in total. The lowest BCUT2D eigenvalue weighted by atomic mass is 9.40. The summed E-state index contributed by atoms with van der Waals surface area (Å²) in [7, 11) is 1.35. The maximum atomic E-state index is 14.2. The summed E-state index contributed by atoms with van der Waals surface area (Å²) in [5.74, 6) is -2.20. The molecule has 1 aromatic heterocycles. The number of methoxy groups -OCH3 is 1. The number of rotatable bonds is 4. The second-order valence-electron chi connectivity index (χ2n) is 12.3. The Bertz CT molecular complexity index is 1180. The minimum absolute atomic E-state index is 0.0368. The molecule has 1 saturated heterocycles. The van der Waals surface area contributed by atoms with Gasteiger partial charge in [-0.25, -0.2) is 0 Å². The van der Waals surface area contributed by atoms with Crippen molar-refractivity contribution in [1.82, 2.24) is 0 Å². The molecule has 37 heavy (non-hydrogen) atoms. The van der Waals surface area contributed by atoms with Gasteiger partial charge in [-0.3, -0.25) is 19.2 Å². The lowest BCUT2D eigenvalue weighted by molar-refractivity contribution is -0.197. The summed E-state index contributed by atoms with van der Waals surface area (Å²) in [6.07, 6.45) is 4.12. The zero-order valence-electron chi connectivity index (χ0n) is 22.4. The van der Waals surface area contributed by atoms with Crippen molar-refractivity contribution in [2.45, 2.75) is 78.9 Å². The molecule has 0 radical (unpaired) electrons. The zero-order chi connectivity index (χ0) is 26.9. The number of hydrogen-bond acceptors (Lipinski definition) is 8. The van der Waals surface area contributed by atoms with E-state index >= 15 is 0 Å². The first-order valence-electron chi connectivity index (χ1n) is 13.1. The van der Waals surface area contributed by atoms with Crippen LogP contribution in [0.1, 0.15) is 78.4 Å². The fraction of sp³-hybridized carbons (Fsp3) is 0.655. The lowest BCUT2D eigenvalue weighted by Gasteiger charge is -2.63. The Labute approximate surface area is 217 Å². The standard InChI is InChI=1S/C29H36O8/c1-15(30)36-26-18-11-17-19(29(5,24(18)33)21(27(26,2)3)13-22(31)34-6)7-9-28(4)20(17)12-23(32)37-25(28)16-8-10-35-14-16/h8,10,14,18-19,21,25-26H,7,9,11-13H2,1-6H3/t18-,19-,21+,25+,26-,28-,29-/m1/s1. The fourth-order valence-corrected chi connectivity index (χ4v) is 8.37. The van der Waals surface area contributed by atoms with Crippen molar-refractivity contribution in [3.8, 4) is 0 Å². The minimum Gasteiger partial charge on any atom is -0.472 e. The van der Waals surface area contributed by atoms with Crippen molar-refractivity contribution in [2.24, 2.45) is 34.0 Å². The molecule has 200 valence electrons. The quantitative estimate of drug-likeness (QED) is 0.324. The predicted molar refractivity (Wildman–Crippen MR) is 131 cm³/mol. The Hall–Kier alpha value is -2.90. The van der Waals surface area contributed by atoms with Crippen LogP contribution in [0.15, 0.2) is 34.2 Å². The first-order chi connectivity index (χ1) is 17.4. The topological polar surface area (TPSA) is 109 Å². The number of allylic oxidation sites excluding steroid dienone is 1. The first-order valence-corrected chi connectivity index (χ1v) is 13.1. The number of carbonyl (C=O) groups excluding carboxylic acids is 4. The van der Waals surface area contributed by atoms with Crippen LogP contribution >= 0.6 is 0 Å². The highest BCUT2D eigenvalue weighted by molar-refractivity contribution is 5.92. The van der Waals surface area contributed by atoms with Crippen LogP contribution in [0, 0.1) is 34.0 Å². The molecule has 0 spiro atoms. The molecular formula is C29H36O8. The molecule has 5 rings (SSSR count). The van der Waals surface area contributed by atoms with Crippen LogP contribution in [-0.2, 0) is 33.4 Å². The zero-order valence-corrected chi connectivity index (χ0v) is 22.4. The van der Waals surface area contributed by atoms with Gasteiger partial charge in [0, 0.05) is 35.2 Å². The van der Waals surface area contributed by atoms with E-state index in [2.05, 4.69) is 6.92 Å². The Morgan fingerprint density at radius 1 is 1.16 bits per heavy atom. The van der Waals surface area contributed by atoms with Gasteiger partial charge in [0.2, 0.25) is 0 Å². The normalized spacial score (nSPS) is 38.3. The van der Waals surface area contributed by atoms with Crippen molar-refractivity contribution >= 4 is 23.7 Å². The number of fused-ring (bicyclic) bond motifs is 5. The molecule has 2 heterocycles. The maximum Gasteiger partial charge on any atom is 0.310 e. The summed E-state index contributed by atoms with van der Waals surface area (Å²) >= 11 is 0. The highest BCUT2D eigenvalue weighted by atomic mass is 16.6. The highest BCUT2D eigenvalue weighted by Gasteiger charge is 2.68. The molecule has 2 bridgehead atoms. The summed E-state index contributed by atoms with van der Waals surface area (Å²) in [5.41, 5.74) is 0.968. The van der Waals surface area contributed by atoms with Gasteiger partial charge >= 0.3 is 17.9 Å². The molecule has 0 unspecified atom stereocenters. The number of carbonyl (C=O) groups is 4. The second-order valence-corrected chi connectivity index (χ2v) is 12.3. The average molecular weight is 513 g/mol. The molecule has 7 atom stereocenters. The Morgan fingerprint density at radius 2 is 1.89 bits per heavy atom. The van der Waals surface area contributed by atoms with Crippen LogP contribution in [-0.4, -0.2) is 36.9 Å². The average Bonchev–Trinajstić information content (AvgIpc) is 3.36. The number of furan rings is 1. The third kappa shape index (κ3) is 3.62. The van der Waals surface area contributed by atoms with Crippen molar-refractivity contribution in [1.29, 1.82) is 0 Å². The van der Waals surface area contributed by atoms with Crippen molar-refractivity contribution in [3.05, 3.63) is 35.3 Å². The molecule has 8 nitrogen and oxygen atoms in total. The highest BCUT2D eigenvalue weighted by Crippen LogP contribution is 2.68. The first kappa shape index (κ1) is 25.7. The van der Waals surface area contributed by atoms with Crippen LogP contribution in [0.3, 0.4) is 0 Å². The summed E-state index contributed by atoms with van der Waals surface area (Å²) < 4.78 is 22.1. The number of esters is 3. The number of Topliss-reactive ketones (excluding diaryl/α,β-unsaturated/α-hetero) is 1. The van der Waals surface area contributed by atoms with Gasteiger partial charge in [0.05, 0.1) is 32.0 Å². The molecule has 4 aliphatic rings. The molecule has 1 aromatic rings. The van der Waals surface area contributed by atoms with Crippen LogP contribution in [0.25, 0.3) is 0 Å². The summed E-state index contributed by atoms with van der Waals surface area (Å²) in [6.45, 7) is 9.43. The van der Waals surface area contributed by atoms with Crippen molar-refractivity contribution in [2.75, 3.05) is 7.11 Å². The van der Waals surface area contributed by atoms with E-state index in [-0.39, 0.29) is 30.5 Å². The second kappa shape index (κ2) is 8.57. The number of ketones is 1. The van der Waals surface area contributed by atoms with E-state index in [0.29, 0.717) is 6.42 Å². The summed E-state index contributed by atoms with van der Waals surface area (Å²) in [5, 5.41) is 0. The van der Waals surface area contributed by atoms with E-state index in [0.717, 1.165) is 29.6 Å². The molecule has 2 saturated carbocycles. The van der Waals surface area contributed by atoms with E-state index in [1.54, 1.807) is 12.5 Å². The smallest absolute Gasteiger partial charge is 0.310 e. The van der Waals surface area contributed by atoms with E-state index < -0.39 is 52.2 Å². The summed E-state index contributed by atoms with van der Waals surface area (Å²) in [4.78, 5) is 52.0. The number of cyclic esters (lactones) is 1. The molecule has 3 fully saturated rings. The van der Waals surface area contributed by atoms with Gasteiger partial charge in [0.15, 0.2) is 0 Å². The van der Waals surface area contributed by atoms with E-state index in [9.17, 15) is 19.2 Å². The lowest BCUT2D eigenvalue weighted by Crippen LogP contribution is -2.66.